The molecule has 0 saturated carbocycles. The van der Waals surface area contributed by atoms with E-state index in [9.17, 15) is 5.11 Å². The minimum absolute atomic E-state index is 0.0756. The first kappa shape index (κ1) is 18.0. The molecule has 3 heteroatoms. The molecular formula is C18H31NO2. The molecule has 1 aromatic rings. The Bertz CT molecular complexity index is 414. The van der Waals surface area contributed by atoms with Gasteiger partial charge in [-0.1, -0.05) is 33.8 Å². The Morgan fingerprint density at radius 3 is 2.33 bits per heavy atom. The molecule has 0 saturated heterocycles. The summed E-state index contributed by atoms with van der Waals surface area (Å²) in [4.78, 5) is 2.55. The zero-order valence-corrected chi connectivity index (χ0v) is 14.2. The van der Waals surface area contributed by atoms with Crippen LogP contribution in [-0.2, 0) is 13.2 Å². The fourth-order valence-corrected chi connectivity index (χ4v) is 2.89. The van der Waals surface area contributed by atoms with Crippen molar-refractivity contribution in [1.29, 1.82) is 0 Å². The molecule has 0 fully saturated rings. The zero-order chi connectivity index (χ0) is 15.8. The van der Waals surface area contributed by atoms with Crippen LogP contribution in [0.15, 0.2) is 18.2 Å². The van der Waals surface area contributed by atoms with Gasteiger partial charge in [-0.25, -0.2) is 0 Å². The molecule has 1 aromatic carbocycles. The average Bonchev–Trinajstić information content (AvgIpc) is 2.47. The molecule has 0 atom stereocenters. The van der Waals surface area contributed by atoms with E-state index in [0.29, 0.717) is 12.0 Å². The molecular weight excluding hydrogens is 262 g/mol. The second-order valence-electron chi connectivity index (χ2n) is 6.10. The molecule has 0 aromatic heterocycles. The minimum atomic E-state index is 0.0756. The monoisotopic (exact) mass is 293 g/mol. The maximum Gasteiger partial charge on any atom is 0.123 e. The number of benzene rings is 1. The molecule has 3 nitrogen and oxygen atoms in total. The van der Waals surface area contributed by atoms with Gasteiger partial charge >= 0.3 is 0 Å². The minimum Gasteiger partial charge on any atom is -0.496 e. The highest BCUT2D eigenvalue weighted by Gasteiger charge is 2.18. The number of hydrogen-bond donors (Lipinski definition) is 1. The summed E-state index contributed by atoms with van der Waals surface area (Å²) in [5, 5.41) is 9.35. The summed E-state index contributed by atoms with van der Waals surface area (Å²) in [5.41, 5.74) is 2.11. The van der Waals surface area contributed by atoms with Crippen molar-refractivity contribution < 1.29 is 9.84 Å². The van der Waals surface area contributed by atoms with Crippen LogP contribution in [-0.4, -0.2) is 29.7 Å². The van der Waals surface area contributed by atoms with Crippen molar-refractivity contribution in [2.45, 2.75) is 59.7 Å². The van der Waals surface area contributed by atoms with E-state index in [1.807, 2.05) is 12.1 Å². The van der Waals surface area contributed by atoms with E-state index in [4.69, 9.17) is 4.74 Å². The number of aliphatic hydroxyl groups is 1. The summed E-state index contributed by atoms with van der Waals surface area (Å²) < 4.78 is 5.49. The highest BCUT2D eigenvalue weighted by atomic mass is 16.5. The van der Waals surface area contributed by atoms with Crippen molar-refractivity contribution in [3.63, 3.8) is 0 Å². The Morgan fingerprint density at radius 2 is 1.86 bits per heavy atom. The molecule has 0 heterocycles. The molecule has 1 N–H and O–H groups in total. The van der Waals surface area contributed by atoms with Gasteiger partial charge in [-0.05, 0) is 36.5 Å². The molecule has 21 heavy (non-hydrogen) atoms. The third kappa shape index (κ3) is 5.33. The second kappa shape index (κ2) is 9.06. The Hall–Kier alpha value is -1.06. The van der Waals surface area contributed by atoms with Crippen molar-refractivity contribution in [2.75, 3.05) is 13.7 Å². The molecule has 0 aliphatic rings. The Kier molecular flexibility index (Phi) is 7.76. The number of methoxy groups -OCH3 is 1. The fraction of sp³-hybridized carbons (Fsp3) is 0.667. The lowest BCUT2D eigenvalue weighted by atomic mass is 10.0. The van der Waals surface area contributed by atoms with Crippen LogP contribution in [0, 0.1) is 5.92 Å². The number of hydrogen-bond acceptors (Lipinski definition) is 3. The van der Waals surface area contributed by atoms with Gasteiger partial charge in [-0.3, -0.25) is 4.90 Å². The van der Waals surface area contributed by atoms with Gasteiger partial charge in [0.15, 0.2) is 0 Å². The summed E-state index contributed by atoms with van der Waals surface area (Å²) in [7, 11) is 1.71. The maximum absolute atomic E-state index is 9.35. The number of rotatable bonds is 9. The lowest BCUT2D eigenvalue weighted by Crippen LogP contribution is -2.36. The van der Waals surface area contributed by atoms with E-state index in [0.717, 1.165) is 42.8 Å². The van der Waals surface area contributed by atoms with Crippen LogP contribution >= 0.6 is 0 Å². The maximum atomic E-state index is 9.35. The van der Waals surface area contributed by atoms with Crippen LogP contribution in [0.1, 0.15) is 51.7 Å². The van der Waals surface area contributed by atoms with E-state index in [2.05, 4.69) is 38.7 Å². The van der Waals surface area contributed by atoms with Crippen molar-refractivity contribution in [1.82, 2.24) is 4.90 Å². The Balaban J connectivity index is 3.00. The number of nitrogens with zero attached hydrogens (tertiary/aromatic N) is 1. The van der Waals surface area contributed by atoms with Crippen LogP contribution in [0.25, 0.3) is 0 Å². The Labute approximate surface area is 129 Å². The van der Waals surface area contributed by atoms with E-state index < -0.39 is 0 Å². The van der Waals surface area contributed by atoms with Crippen LogP contribution in [0.3, 0.4) is 0 Å². The third-order valence-corrected chi connectivity index (χ3v) is 3.96. The highest BCUT2D eigenvalue weighted by Crippen LogP contribution is 2.24. The molecule has 0 radical (unpaired) electrons. The second-order valence-corrected chi connectivity index (χ2v) is 6.10. The predicted octanol–water partition coefficient (Wildman–Crippen LogP) is 3.83. The van der Waals surface area contributed by atoms with Gasteiger partial charge in [0, 0.05) is 24.7 Å². The quantitative estimate of drug-likeness (QED) is 0.751. The summed E-state index contributed by atoms with van der Waals surface area (Å²) in [6.45, 7) is 11.1. The van der Waals surface area contributed by atoms with Crippen molar-refractivity contribution in [3.05, 3.63) is 29.3 Å². The standard InChI is InChI=1S/C18H31NO2/c1-6-17(7-2)19(11-14(3)4)12-16-10-15(13-20)8-9-18(16)21-5/h8-10,14,17,20H,6-7,11-13H2,1-5H3. The zero-order valence-electron chi connectivity index (χ0n) is 14.2. The van der Waals surface area contributed by atoms with Crippen LogP contribution in [0.4, 0.5) is 0 Å². The average molecular weight is 293 g/mol. The van der Waals surface area contributed by atoms with Gasteiger partial charge in [-0.2, -0.15) is 0 Å². The molecule has 0 aliphatic carbocycles. The topological polar surface area (TPSA) is 32.7 Å². The molecule has 1 rings (SSSR count). The summed E-state index contributed by atoms with van der Waals surface area (Å²) in [6, 6.07) is 6.54. The van der Waals surface area contributed by atoms with Crippen LogP contribution < -0.4 is 4.74 Å². The fourth-order valence-electron chi connectivity index (χ4n) is 2.89. The van der Waals surface area contributed by atoms with Crippen LogP contribution in [0.2, 0.25) is 0 Å². The van der Waals surface area contributed by atoms with Crippen molar-refractivity contribution in [2.24, 2.45) is 5.92 Å². The van der Waals surface area contributed by atoms with Gasteiger partial charge in [0.05, 0.1) is 13.7 Å². The summed E-state index contributed by atoms with van der Waals surface area (Å²) in [6.07, 6.45) is 2.32. The molecule has 0 amide bonds. The molecule has 120 valence electrons. The first-order chi connectivity index (χ1) is 10.0. The molecule has 0 aliphatic heterocycles. The molecule has 0 spiro atoms. The largest absolute Gasteiger partial charge is 0.496 e. The first-order valence-corrected chi connectivity index (χ1v) is 8.06. The lowest BCUT2D eigenvalue weighted by molar-refractivity contribution is 0.155. The van der Waals surface area contributed by atoms with Gasteiger partial charge in [0.1, 0.15) is 5.75 Å². The first-order valence-electron chi connectivity index (χ1n) is 8.06. The number of aliphatic hydroxyl groups excluding tert-OH is 1. The number of ether oxygens (including phenoxy) is 1. The predicted molar refractivity (Wildman–Crippen MR) is 88.5 cm³/mol. The van der Waals surface area contributed by atoms with Gasteiger partial charge in [0.25, 0.3) is 0 Å². The Morgan fingerprint density at radius 1 is 1.19 bits per heavy atom. The molecule has 0 bridgehead atoms. The summed E-state index contributed by atoms with van der Waals surface area (Å²) in [5.74, 6) is 1.55. The normalized spacial score (nSPS) is 11.7. The smallest absolute Gasteiger partial charge is 0.123 e. The van der Waals surface area contributed by atoms with Gasteiger partial charge in [-0.15, -0.1) is 0 Å². The van der Waals surface area contributed by atoms with Gasteiger partial charge < -0.3 is 9.84 Å². The highest BCUT2D eigenvalue weighted by molar-refractivity contribution is 5.37. The third-order valence-electron chi connectivity index (χ3n) is 3.96. The van der Waals surface area contributed by atoms with E-state index in [1.54, 1.807) is 7.11 Å². The van der Waals surface area contributed by atoms with Crippen LogP contribution in [0.5, 0.6) is 5.75 Å². The SMILES string of the molecule is CCC(CC)N(Cc1cc(CO)ccc1OC)CC(C)C. The van der Waals surface area contributed by atoms with E-state index in [-0.39, 0.29) is 6.61 Å². The van der Waals surface area contributed by atoms with Gasteiger partial charge in [0.2, 0.25) is 0 Å². The van der Waals surface area contributed by atoms with E-state index >= 15 is 0 Å². The molecule has 0 unspecified atom stereocenters. The van der Waals surface area contributed by atoms with E-state index in [1.165, 1.54) is 0 Å². The van der Waals surface area contributed by atoms with Crippen molar-refractivity contribution >= 4 is 0 Å². The summed E-state index contributed by atoms with van der Waals surface area (Å²) >= 11 is 0. The van der Waals surface area contributed by atoms with Crippen molar-refractivity contribution in [3.8, 4) is 5.75 Å². The lowest BCUT2D eigenvalue weighted by Gasteiger charge is -2.32.